The molecular weight excluding hydrogens is 456 g/mol. The van der Waals surface area contributed by atoms with Crippen molar-refractivity contribution in [2.75, 3.05) is 33.4 Å². The Hall–Kier alpha value is -3.58. The second-order valence-corrected chi connectivity index (χ2v) is 9.11. The van der Waals surface area contributed by atoms with Gasteiger partial charge in [0, 0.05) is 25.3 Å². The molecule has 1 saturated heterocycles. The topological polar surface area (TPSA) is 72.2 Å². The van der Waals surface area contributed by atoms with Gasteiger partial charge in [0.2, 0.25) is 5.91 Å². The molecule has 2 heterocycles. The number of hydrogen-bond acceptors (Lipinski definition) is 5. The maximum Gasteiger partial charge on any atom is 0.254 e. The summed E-state index contributed by atoms with van der Waals surface area (Å²) in [5.41, 5.74) is 1.66. The predicted octanol–water partition coefficient (Wildman–Crippen LogP) is 4.49. The van der Waals surface area contributed by atoms with E-state index in [1.54, 1.807) is 41.2 Å². The van der Waals surface area contributed by atoms with E-state index < -0.39 is 0 Å². The Morgan fingerprint density at radius 1 is 1.00 bits per heavy atom. The van der Waals surface area contributed by atoms with Crippen molar-refractivity contribution < 1.29 is 23.5 Å². The highest BCUT2D eigenvalue weighted by Gasteiger charge is 2.27. The highest BCUT2D eigenvalue weighted by molar-refractivity contribution is 5.96. The number of methoxy groups -OCH3 is 1. The first kappa shape index (κ1) is 25.5. The Morgan fingerprint density at radius 2 is 1.78 bits per heavy atom. The standard InChI is InChI=1S/C29H34N2O5/c1-22-10-13-27(36-22)20-30(17-16-23-7-4-3-5-8-23)28(32)21-31(19-26-9-6-18-35-26)29(33)24-11-14-25(34-2)15-12-24/h3-5,7-8,10-15,26H,6,9,16-21H2,1-2H3. The summed E-state index contributed by atoms with van der Waals surface area (Å²) in [5, 5.41) is 0. The minimum atomic E-state index is -0.196. The molecule has 2 amide bonds. The molecule has 0 saturated carbocycles. The molecule has 2 aromatic carbocycles. The molecule has 0 spiro atoms. The zero-order chi connectivity index (χ0) is 25.3. The van der Waals surface area contributed by atoms with E-state index in [1.165, 1.54) is 0 Å². The second-order valence-electron chi connectivity index (χ2n) is 9.11. The van der Waals surface area contributed by atoms with Crippen LogP contribution in [0.2, 0.25) is 0 Å². The fourth-order valence-electron chi connectivity index (χ4n) is 4.39. The molecule has 3 aromatic rings. The number of furan rings is 1. The van der Waals surface area contributed by atoms with Crippen LogP contribution in [-0.2, 0) is 22.5 Å². The van der Waals surface area contributed by atoms with E-state index in [-0.39, 0.29) is 24.5 Å². The summed E-state index contributed by atoms with van der Waals surface area (Å²) < 4.78 is 16.8. The Kier molecular flexibility index (Phi) is 8.79. The highest BCUT2D eigenvalue weighted by atomic mass is 16.5. The molecule has 4 rings (SSSR count). The van der Waals surface area contributed by atoms with Crippen LogP contribution in [0.3, 0.4) is 0 Å². The van der Waals surface area contributed by atoms with Gasteiger partial charge in [0.25, 0.3) is 5.91 Å². The number of benzene rings is 2. The molecule has 1 aliphatic rings. The van der Waals surface area contributed by atoms with E-state index in [2.05, 4.69) is 12.1 Å². The Bertz CT molecular complexity index is 1120. The summed E-state index contributed by atoms with van der Waals surface area (Å²) in [6, 6.07) is 20.8. The average Bonchev–Trinajstić information content (AvgIpc) is 3.57. The summed E-state index contributed by atoms with van der Waals surface area (Å²) in [6.07, 6.45) is 2.49. The van der Waals surface area contributed by atoms with Crippen LogP contribution >= 0.6 is 0 Å². The van der Waals surface area contributed by atoms with Crippen LogP contribution in [-0.4, -0.2) is 61.1 Å². The first-order valence-electron chi connectivity index (χ1n) is 12.4. The quantitative estimate of drug-likeness (QED) is 0.396. The summed E-state index contributed by atoms with van der Waals surface area (Å²) in [7, 11) is 1.59. The van der Waals surface area contributed by atoms with Crippen molar-refractivity contribution in [1.29, 1.82) is 0 Å². The van der Waals surface area contributed by atoms with Crippen molar-refractivity contribution in [3.8, 4) is 5.75 Å². The summed E-state index contributed by atoms with van der Waals surface area (Å²) in [4.78, 5) is 30.5. The molecule has 1 fully saturated rings. The van der Waals surface area contributed by atoms with Gasteiger partial charge in [0.05, 0.1) is 19.8 Å². The van der Waals surface area contributed by atoms with Crippen LogP contribution in [0.1, 0.15) is 40.3 Å². The van der Waals surface area contributed by atoms with Crippen LogP contribution < -0.4 is 4.74 Å². The molecule has 1 aromatic heterocycles. The van der Waals surface area contributed by atoms with Gasteiger partial charge in [-0.25, -0.2) is 0 Å². The zero-order valence-corrected chi connectivity index (χ0v) is 21.0. The van der Waals surface area contributed by atoms with E-state index in [0.717, 1.165) is 29.9 Å². The molecule has 0 aliphatic carbocycles. The lowest BCUT2D eigenvalue weighted by Gasteiger charge is -2.29. The molecule has 0 N–H and O–H groups in total. The molecule has 1 unspecified atom stereocenters. The monoisotopic (exact) mass is 490 g/mol. The molecule has 36 heavy (non-hydrogen) atoms. The largest absolute Gasteiger partial charge is 0.497 e. The van der Waals surface area contributed by atoms with E-state index in [4.69, 9.17) is 13.9 Å². The molecule has 7 heteroatoms. The van der Waals surface area contributed by atoms with Crippen LogP contribution in [0.4, 0.5) is 0 Å². The van der Waals surface area contributed by atoms with Crippen molar-refractivity contribution in [3.05, 3.63) is 89.4 Å². The Balaban J connectivity index is 1.51. The maximum atomic E-state index is 13.6. The van der Waals surface area contributed by atoms with Crippen molar-refractivity contribution in [2.45, 2.75) is 38.8 Å². The Morgan fingerprint density at radius 3 is 2.42 bits per heavy atom. The smallest absolute Gasteiger partial charge is 0.254 e. The third-order valence-electron chi connectivity index (χ3n) is 6.41. The van der Waals surface area contributed by atoms with Gasteiger partial charge in [-0.05, 0) is 68.1 Å². The maximum absolute atomic E-state index is 13.6. The van der Waals surface area contributed by atoms with E-state index in [0.29, 0.717) is 44.0 Å². The van der Waals surface area contributed by atoms with Crippen LogP contribution in [0.15, 0.2) is 71.1 Å². The molecule has 7 nitrogen and oxygen atoms in total. The number of nitrogens with zero attached hydrogens (tertiary/aromatic N) is 2. The first-order chi connectivity index (χ1) is 17.5. The number of carbonyl (C=O) groups excluding carboxylic acids is 2. The zero-order valence-electron chi connectivity index (χ0n) is 21.0. The molecular formula is C29H34N2O5. The normalized spacial score (nSPS) is 15.0. The summed E-state index contributed by atoms with van der Waals surface area (Å²) in [6.45, 7) is 3.79. The lowest BCUT2D eigenvalue weighted by molar-refractivity contribution is -0.133. The van der Waals surface area contributed by atoms with E-state index >= 15 is 0 Å². The number of amides is 2. The fraction of sp³-hybridized carbons (Fsp3) is 0.379. The van der Waals surface area contributed by atoms with Crippen molar-refractivity contribution in [1.82, 2.24) is 9.80 Å². The number of hydrogen-bond donors (Lipinski definition) is 0. The SMILES string of the molecule is COc1ccc(C(=O)N(CC(=O)N(CCc2ccccc2)Cc2ccc(C)o2)CC2CCCO2)cc1. The number of ether oxygens (including phenoxy) is 2. The number of carbonyl (C=O) groups is 2. The minimum Gasteiger partial charge on any atom is -0.497 e. The van der Waals surface area contributed by atoms with Gasteiger partial charge in [-0.15, -0.1) is 0 Å². The van der Waals surface area contributed by atoms with Gasteiger partial charge in [-0.2, -0.15) is 0 Å². The van der Waals surface area contributed by atoms with Crippen LogP contribution in [0, 0.1) is 6.92 Å². The number of rotatable bonds is 11. The van der Waals surface area contributed by atoms with E-state index in [9.17, 15) is 9.59 Å². The second kappa shape index (κ2) is 12.4. The van der Waals surface area contributed by atoms with Gasteiger partial charge in [-0.3, -0.25) is 9.59 Å². The van der Waals surface area contributed by atoms with Crippen LogP contribution in [0.5, 0.6) is 5.75 Å². The van der Waals surface area contributed by atoms with Crippen LogP contribution in [0.25, 0.3) is 0 Å². The van der Waals surface area contributed by atoms with Gasteiger partial charge < -0.3 is 23.7 Å². The molecule has 0 radical (unpaired) electrons. The number of aryl methyl sites for hydroxylation is 1. The molecule has 190 valence electrons. The van der Waals surface area contributed by atoms with Gasteiger partial charge in [0.1, 0.15) is 23.8 Å². The third-order valence-corrected chi connectivity index (χ3v) is 6.41. The molecule has 1 atom stereocenters. The van der Waals surface area contributed by atoms with Gasteiger partial charge >= 0.3 is 0 Å². The average molecular weight is 491 g/mol. The highest BCUT2D eigenvalue weighted by Crippen LogP contribution is 2.18. The predicted molar refractivity (Wildman–Crippen MR) is 137 cm³/mol. The van der Waals surface area contributed by atoms with Crippen molar-refractivity contribution in [2.24, 2.45) is 0 Å². The van der Waals surface area contributed by atoms with Gasteiger partial charge in [0.15, 0.2) is 0 Å². The fourth-order valence-corrected chi connectivity index (χ4v) is 4.39. The summed E-state index contributed by atoms with van der Waals surface area (Å²) >= 11 is 0. The first-order valence-corrected chi connectivity index (χ1v) is 12.4. The van der Waals surface area contributed by atoms with E-state index in [1.807, 2.05) is 37.3 Å². The van der Waals surface area contributed by atoms with Gasteiger partial charge in [-0.1, -0.05) is 30.3 Å². The lowest BCUT2D eigenvalue weighted by atomic mass is 10.1. The van der Waals surface area contributed by atoms with Crippen molar-refractivity contribution >= 4 is 11.8 Å². The molecule has 0 bridgehead atoms. The minimum absolute atomic E-state index is 0.0286. The lowest BCUT2D eigenvalue weighted by Crippen LogP contribution is -2.46. The third kappa shape index (κ3) is 6.98. The van der Waals surface area contributed by atoms with Crippen molar-refractivity contribution in [3.63, 3.8) is 0 Å². The summed E-state index contributed by atoms with van der Waals surface area (Å²) in [5.74, 6) is 1.88. The Labute approximate surface area is 212 Å². The molecule has 1 aliphatic heterocycles.